The lowest BCUT2D eigenvalue weighted by atomic mass is 9.93. The van der Waals surface area contributed by atoms with Gasteiger partial charge >= 0.3 is 0 Å². The summed E-state index contributed by atoms with van der Waals surface area (Å²) in [6.07, 6.45) is 4.55. The summed E-state index contributed by atoms with van der Waals surface area (Å²) in [4.78, 5) is 39.5. The molecule has 10 nitrogen and oxygen atoms in total. The Morgan fingerprint density at radius 2 is 1.84 bits per heavy atom. The Hall–Kier alpha value is -5.13. The van der Waals surface area contributed by atoms with E-state index in [4.69, 9.17) is 4.74 Å². The summed E-state index contributed by atoms with van der Waals surface area (Å²) in [7, 11) is 1.81. The molecule has 8 rings (SSSR count). The quantitative estimate of drug-likeness (QED) is 0.295. The van der Waals surface area contributed by atoms with Crippen LogP contribution < -0.4 is 15.2 Å². The fourth-order valence-electron chi connectivity index (χ4n) is 7.10. The van der Waals surface area contributed by atoms with Crippen LogP contribution in [0.1, 0.15) is 30.9 Å². The summed E-state index contributed by atoms with van der Waals surface area (Å²) in [5.41, 5.74) is 3.38. The SMILES string of the molecule is CN1CCC2CCn3c2c(ccc3=O)-c2cccc(c2)O[C@H]2C[C@@H](C1=O)N(c1ncnc3c1cnn3-c1ccc(F)cc1F)C2. The van der Waals surface area contributed by atoms with Gasteiger partial charge in [-0.25, -0.2) is 23.4 Å². The second-order valence-corrected chi connectivity index (χ2v) is 11.9. The summed E-state index contributed by atoms with van der Waals surface area (Å²) in [5.74, 6) is -0.253. The van der Waals surface area contributed by atoms with E-state index in [2.05, 4.69) is 15.1 Å². The fraction of sp³-hybridized carbons (Fsp3) is 0.303. The second-order valence-electron chi connectivity index (χ2n) is 11.9. The van der Waals surface area contributed by atoms with Crippen LogP contribution in [-0.4, -0.2) is 67.4 Å². The van der Waals surface area contributed by atoms with Gasteiger partial charge in [-0.05, 0) is 48.7 Å². The summed E-state index contributed by atoms with van der Waals surface area (Å²) in [5, 5.41) is 4.89. The number of rotatable bonds is 2. The van der Waals surface area contributed by atoms with Crippen LogP contribution >= 0.6 is 0 Å². The van der Waals surface area contributed by atoms with Gasteiger partial charge in [0.15, 0.2) is 11.5 Å². The van der Waals surface area contributed by atoms with Crippen molar-refractivity contribution in [3.05, 3.63) is 94.8 Å². The monoisotopic (exact) mass is 609 g/mol. The Bertz CT molecular complexity index is 2040. The number of benzene rings is 2. The van der Waals surface area contributed by atoms with Crippen LogP contribution in [0.3, 0.4) is 0 Å². The first-order valence-electron chi connectivity index (χ1n) is 15.0. The third-order valence-electron chi connectivity index (χ3n) is 9.25. The van der Waals surface area contributed by atoms with Crippen LogP contribution in [0.25, 0.3) is 27.8 Å². The van der Waals surface area contributed by atoms with Gasteiger partial charge in [-0.15, -0.1) is 0 Å². The molecule has 2 aromatic carbocycles. The summed E-state index contributed by atoms with van der Waals surface area (Å²) in [6, 6.07) is 14.1. The number of ether oxygens (including phenoxy) is 1. The van der Waals surface area contributed by atoms with Gasteiger partial charge in [-0.3, -0.25) is 9.59 Å². The zero-order chi connectivity index (χ0) is 30.8. The smallest absolute Gasteiger partial charge is 0.250 e. The van der Waals surface area contributed by atoms with E-state index in [0.717, 1.165) is 41.8 Å². The van der Waals surface area contributed by atoms with E-state index in [9.17, 15) is 18.4 Å². The minimum Gasteiger partial charge on any atom is -0.488 e. The molecule has 3 aliphatic heterocycles. The van der Waals surface area contributed by atoms with Crippen LogP contribution in [0, 0.1) is 11.6 Å². The molecule has 3 aromatic heterocycles. The summed E-state index contributed by atoms with van der Waals surface area (Å²) < 4.78 is 38.0. The van der Waals surface area contributed by atoms with Gasteiger partial charge in [0.25, 0.3) is 5.56 Å². The Labute approximate surface area is 256 Å². The molecule has 1 fully saturated rings. The molecule has 0 aliphatic carbocycles. The molecule has 3 atom stereocenters. The number of halogens is 2. The third kappa shape index (κ3) is 4.54. The van der Waals surface area contributed by atoms with E-state index in [1.807, 2.05) is 46.8 Å². The molecular weight excluding hydrogens is 580 g/mol. The van der Waals surface area contributed by atoms with Crippen molar-refractivity contribution in [1.29, 1.82) is 0 Å². The van der Waals surface area contributed by atoms with E-state index in [1.54, 1.807) is 11.0 Å². The standard InChI is InChI=1S/C33H29F2N7O3/c1-39-11-9-19-10-12-40-29(43)8-6-24(30(19)40)20-3-2-4-22(13-20)45-23-15-28(33(39)44)41(17-23)31-25-16-38-42(32(25)37-18-36-31)27-7-5-21(34)14-26(27)35/h2-8,13-14,16,18-19,23,28H,9-12,15,17H2,1H3/t19?,23-,28-/m0/s1. The zero-order valence-electron chi connectivity index (χ0n) is 24.4. The van der Waals surface area contributed by atoms with E-state index in [1.165, 1.54) is 23.3 Å². The molecule has 4 bridgehead atoms. The van der Waals surface area contributed by atoms with Gasteiger partial charge in [0.05, 0.1) is 18.1 Å². The number of pyridine rings is 1. The Morgan fingerprint density at radius 3 is 2.71 bits per heavy atom. The number of anilines is 1. The topological polar surface area (TPSA) is 98.4 Å². The molecule has 228 valence electrons. The number of likely N-dealkylation sites (N-methyl/N-ethyl adjacent to an activating group) is 1. The number of fused-ring (bicyclic) bond motifs is 6. The first-order chi connectivity index (χ1) is 21.9. The molecule has 12 heteroatoms. The number of hydrogen-bond donors (Lipinski definition) is 0. The zero-order valence-corrected chi connectivity index (χ0v) is 24.4. The molecule has 1 amide bonds. The summed E-state index contributed by atoms with van der Waals surface area (Å²) in [6.45, 7) is 1.54. The molecule has 0 N–H and O–H groups in total. The molecule has 5 aromatic rings. The minimum absolute atomic E-state index is 0.00968. The number of carbonyl (C=O) groups is 1. The van der Waals surface area contributed by atoms with Crippen LogP contribution in [0.2, 0.25) is 0 Å². The van der Waals surface area contributed by atoms with E-state index in [0.29, 0.717) is 48.7 Å². The molecule has 1 saturated heterocycles. The highest BCUT2D eigenvalue weighted by Gasteiger charge is 2.41. The molecule has 45 heavy (non-hydrogen) atoms. The molecule has 0 saturated carbocycles. The van der Waals surface area contributed by atoms with Gasteiger partial charge in [0.1, 0.15) is 41.5 Å². The first kappa shape index (κ1) is 27.4. The maximum absolute atomic E-state index is 14.7. The lowest BCUT2D eigenvalue weighted by Crippen LogP contribution is -2.45. The van der Waals surface area contributed by atoms with E-state index in [-0.39, 0.29) is 29.2 Å². The lowest BCUT2D eigenvalue weighted by Gasteiger charge is -2.29. The fourth-order valence-corrected chi connectivity index (χ4v) is 7.10. The van der Waals surface area contributed by atoms with Crippen molar-refractivity contribution in [3.63, 3.8) is 0 Å². The normalized spacial score (nSPS) is 21.1. The maximum atomic E-state index is 14.7. The lowest BCUT2D eigenvalue weighted by molar-refractivity contribution is -0.131. The largest absolute Gasteiger partial charge is 0.488 e. The predicted octanol–water partition coefficient (Wildman–Crippen LogP) is 4.30. The molecule has 3 aliphatic rings. The number of amides is 1. The van der Waals surface area contributed by atoms with Crippen molar-refractivity contribution in [3.8, 4) is 22.6 Å². The van der Waals surface area contributed by atoms with Gasteiger partial charge in [0.2, 0.25) is 5.91 Å². The van der Waals surface area contributed by atoms with Gasteiger partial charge in [-0.1, -0.05) is 12.1 Å². The highest BCUT2D eigenvalue weighted by molar-refractivity contribution is 5.92. The first-order valence-corrected chi connectivity index (χ1v) is 15.0. The number of carbonyl (C=O) groups excluding carboxylic acids is 1. The van der Waals surface area contributed by atoms with Gasteiger partial charge < -0.3 is 19.1 Å². The van der Waals surface area contributed by atoms with Crippen molar-refractivity contribution < 1.29 is 18.3 Å². The highest BCUT2D eigenvalue weighted by atomic mass is 19.1. The third-order valence-corrected chi connectivity index (χ3v) is 9.25. The van der Waals surface area contributed by atoms with Gasteiger partial charge in [-0.2, -0.15) is 5.10 Å². The van der Waals surface area contributed by atoms with Crippen LogP contribution in [0.5, 0.6) is 5.75 Å². The van der Waals surface area contributed by atoms with E-state index >= 15 is 0 Å². The number of nitrogens with zero attached hydrogens (tertiary/aromatic N) is 7. The van der Waals surface area contributed by atoms with Crippen molar-refractivity contribution >= 4 is 22.8 Å². The van der Waals surface area contributed by atoms with Crippen LogP contribution in [0.15, 0.2) is 71.9 Å². The Morgan fingerprint density at radius 1 is 0.978 bits per heavy atom. The Kier molecular flexibility index (Phi) is 6.40. The van der Waals surface area contributed by atoms with Crippen LogP contribution in [0.4, 0.5) is 14.6 Å². The van der Waals surface area contributed by atoms with Crippen molar-refractivity contribution in [2.24, 2.45) is 0 Å². The molecule has 0 spiro atoms. The molecular formula is C33H29F2N7O3. The van der Waals surface area contributed by atoms with Gasteiger partial charge in [0, 0.05) is 55.9 Å². The molecule has 0 radical (unpaired) electrons. The average molecular weight is 610 g/mol. The number of aromatic nitrogens is 5. The Balaban J connectivity index is 1.19. The van der Waals surface area contributed by atoms with Crippen molar-refractivity contribution in [2.45, 2.75) is 43.9 Å². The molecule has 6 heterocycles. The van der Waals surface area contributed by atoms with Crippen LogP contribution in [-0.2, 0) is 11.3 Å². The van der Waals surface area contributed by atoms with Crippen molar-refractivity contribution in [2.75, 3.05) is 25.0 Å². The number of hydrogen-bond acceptors (Lipinski definition) is 7. The molecule has 1 unspecified atom stereocenters. The average Bonchev–Trinajstić information content (AvgIpc) is 3.77. The predicted molar refractivity (Wildman–Crippen MR) is 162 cm³/mol. The maximum Gasteiger partial charge on any atom is 0.250 e. The second kappa shape index (κ2) is 10.5. The highest BCUT2D eigenvalue weighted by Crippen LogP contribution is 2.39. The minimum atomic E-state index is -0.773. The van der Waals surface area contributed by atoms with Crippen molar-refractivity contribution in [1.82, 2.24) is 29.2 Å². The summed E-state index contributed by atoms with van der Waals surface area (Å²) >= 11 is 0. The van der Waals surface area contributed by atoms with E-state index < -0.39 is 17.7 Å².